The summed E-state index contributed by atoms with van der Waals surface area (Å²) >= 11 is 6.47. The second kappa shape index (κ2) is 12.4. The molecule has 1 amide bonds. The molecule has 37 heavy (non-hydrogen) atoms. The normalized spacial score (nSPS) is 10.7. The SMILES string of the molecule is CCOc1cc(/C=N/NC(=O)COc2cccc3cccnc23)cc(Cl)c1OCc1ccccc1C#N. The molecule has 8 nitrogen and oxygen atoms in total. The number of nitriles is 1. The number of hydrazone groups is 1. The van der Waals surface area contributed by atoms with Gasteiger partial charge in [-0.05, 0) is 42.8 Å². The van der Waals surface area contributed by atoms with Crippen LogP contribution < -0.4 is 19.6 Å². The van der Waals surface area contributed by atoms with E-state index in [0.29, 0.717) is 45.5 Å². The van der Waals surface area contributed by atoms with Crippen molar-refractivity contribution < 1.29 is 19.0 Å². The summed E-state index contributed by atoms with van der Waals surface area (Å²) in [6.07, 6.45) is 3.11. The Morgan fingerprint density at radius 1 is 1.08 bits per heavy atom. The Bertz CT molecular complexity index is 1480. The molecule has 3 aromatic carbocycles. The van der Waals surface area contributed by atoms with Crippen molar-refractivity contribution in [3.63, 3.8) is 0 Å². The van der Waals surface area contributed by atoms with Gasteiger partial charge < -0.3 is 14.2 Å². The molecule has 9 heteroatoms. The van der Waals surface area contributed by atoms with E-state index in [9.17, 15) is 10.1 Å². The summed E-state index contributed by atoms with van der Waals surface area (Å²) in [5.41, 5.74) is 4.97. The molecular formula is C28H23ClN4O4. The lowest BCUT2D eigenvalue weighted by atomic mass is 10.1. The van der Waals surface area contributed by atoms with E-state index in [0.717, 1.165) is 10.9 Å². The molecule has 0 saturated heterocycles. The highest BCUT2D eigenvalue weighted by Crippen LogP contribution is 2.37. The molecule has 0 radical (unpaired) electrons. The molecule has 0 saturated carbocycles. The van der Waals surface area contributed by atoms with E-state index in [2.05, 4.69) is 21.6 Å². The number of hydrogen-bond donors (Lipinski definition) is 1. The zero-order chi connectivity index (χ0) is 26.0. The Kier molecular flexibility index (Phi) is 8.53. The number of amides is 1. The van der Waals surface area contributed by atoms with Crippen LogP contribution >= 0.6 is 11.6 Å². The van der Waals surface area contributed by atoms with Crippen LogP contribution in [0.4, 0.5) is 0 Å². The van der Waals surface area contributed by atoms with Gasteiger partial charge >= 0.3 is 0 Å². The van der Waals surface area contributed by atoms with Gasteiger partial charge in [-0.25, -0.2) is 5.43 Å². The lowest BCUT2D eigenvalue weighted by Crippen LogP contribution is -2.24. The van der Waals surface area contributed by atoms with Crippen molar-refractivity contribution in [3.05, 3.63) is 94.6 Å². The van der Waals surface area contributed by atoms with Gasteiger partial charge in [-0.2, -0.15) is 10.4 Å². The van der Waals surface area contributed by atoms with Crippen LogP contribution in [0.25, 0.3) is 10.9 Å². The number of pyridine rings is 1. The minimum absolute atomic E-state index is 0.152. The molecule has 186 valence electrons. The van der Waals surface area contributed by atoms with E-state index in [1.54, 1.807) is 36.5 Å². The third-order valence-electron chi connectivity index (χ3n) is 5.20. The molecule has 1 N–H and O–H groups in total. The first-order valence-corrected chi connectivity index (χ1v) is 11.8. The molecule has 0 spiro atoms. The van der Waals surface area contributed by atoms with Crippen molar-refractivity contribution in [2.45, 2.75) is 13.5 Å². The molecule has 1 heterocycles. The fourth-order valence-electron chi connectivity index (χ4n) is 3.52. The molecule has 1 aromatic heterocycles. The number of nitrogens with one attached hydrogen (secondary N) is 1. The molecule has 0 aliphatic rings. The minimum atomic E-state index is -0.434. The maximum atomic E-state index is 12.2. The van der Waals surface area contributed by atoms with Crippen LogP contribution in [0.15, 0.2) is 78.0 Å². The number of ether oxygens (including phenoxy) is 3. The van der Waals surface area contributed by atoms with Crippen molar-refractivity contribution in [3.8, 4) is 23.3 Å². The number of para-hydroxylation sites is 1. The zero-order valence-electron chi connectivity index (χ0n) is 20.0. The zero-order valence-corrected chi connectivity index (χ0v) is 20.7. The average molecular weight is 515 g/mol. The van der Waals surface area contributed by atoms with Crippen LogP contribution in [-0.2, 0) is 11.4 Å². The van der Waals surface area contributed by atoms with Crippen LogP contribution in [0.5, 0.6) is 17.2 Å². The summed E-state index contributed by atoms with van der Waals surface area (Å²) in [5, 5.41) is 14.5. The summed E-state index contributed by atoms with van der Waals surface area (Å²) in [7, 11) is 0. The molecule has 4 aromatic rings. The fraction of sp³-hybridized carbons (Fsp3) is 0.143. The van der Waals surface area contributed by atoms with Crippen LogP contribution in [0.3, 0.4) is 0 Å². The lowest BCUT2D eigenvalue weighted by molar-refractivity contribution is -0.123. The van der Waals surface area contributed by atoms with Gasteiger partial charge in [0.1, 0.15) is 17.9 Å². The van der Waals surface area contributed by atoms with Gasteiger partial charge in [-0.1, -0.05) is 48.0 Å². The Morgan fingerprint density at radius 3 is 2.76 bits per heavy atom. The van der Waals surface area contributed by atoms with E-state index in [-0.39, 0.29) is 13.2 Å². The van der Waals surface area contributed by atoms with Gasteiger partial charge in [0, 0.05) is 17.1 Å². The number of carbonyl (C=O) groups excluding carboxylic acids is 1. The standard InChI is InChI=1S/C28H23ClN4O4/c1-2-35-25-14-19(13-23(29)28(25)37-17-22-8-4-3-7-21(22)15-30)16-32-33-26(34)18-36-24-11-5-9-20-10-6-12-31-27(20)24/h3-14,16H,2,17-18H2,1H3,(H,33,34)/b32-16+. The highest BCUT2D eigenvalue weighted by atomic mass is 35.5. The van der Waals surface area contributed by atoms with E-state index in [1.165, 1.54) is 6.21 Å². The number of benzene rings is 3. The van der Waals surface area contributed by atoms with Gasteiger partial charge in [0.15, 0.2) is 18.1 Å². The Labute approximate surface area is 219 Å². The summed E-state index contributed by atoms with van der Waals surface area (Å²) in [4.78, 5) is 16.5. The van der Waals surface area contributed by atoms with Crippen LogP contribution in [0.2, 0.25) is 5.02 Å². The fourth-order valence-corrected chi connectivity index (χ4v) is 3.79. The summed E-state index contributed by atoms with van der Waals surface area (Å²) in [5.74, 6) is 0.855. The lowest BCUT2D eigenvalue weighted by Gasteiger charge is -2.15. The predicted molar refractivity (Wildman–Crippen MR) is 141 cm³/mol. The maximum absolute atomic E-state index is 12.2. The number of nitrogens with zero attached hydrogens (tertiary/aromatic N) is 3. The van der Waals surface area contributed by atoms with E-state index in [4.69, 9.17) is 25.8 Å². The second-order valence-corrected chi connectivity index (χ2v) is 8.14. The third-order valence-corrected chi connectivity index (χ3v) is 5.48. The van der Waals surface area contributed by atoms with Crippen LogP contribution in [-0.4, -0.2) is 30.3 Å². The quantitative estimate of drug-likeness (QED) is 0.228. The van der Waals surface area contributed by atoms with Crippen LogP contribution in [0.1, 0.15) is 23.6 Å². The molecule has 4 rings (SSSR count). The van der Waals surface area contributed by atoms with Gasteiger partial charge in [-0.15, -0.1) is 0 Å². The number of hydrogen-bond acceptors (Lipinski definition) is 7. The minimum Gasteiger partial charge on any atom is -0.490 e. The Hall–Kier alpha value is -4.61. The molecule has 0 unspecified atom stereocenters. The molecule has 0 fully saturated rings. The van der Waals surface area contributed by atoms with E-state index >= 15 is 0 Å². The Balaban J connectivity index is 1.39. The number of halogens is 1. The third kappa shape index (κ3) is 6.54. The number of fused-ring (bicyclic) bond motifs is 1. The van der Waals surface area contributed by atoms with Crippen molar-refractivity contribution in [1.82, 2.24) is 10.4 Å². The molecule has 0 bridgehead atoms. The van der Waals surface area contributed by atoms with Gasteiger partial charge in [0.2, 0.25) is 0 Å². The molecule has 0 aliphatic heterocycles. The number of rotatable bonds is 10. The predicted octanol–water partition coefficient (Wildman–Crippen LogP) is 5.27. The van der Waals surface area contributed by atoms with E-state index in [1.807, 2.05) is 43.3 Å². The highest BCUT2D eigenvalue weighted by Gasteiger charge is 2.14. The van der Waals surface area contributed by atoms with Crippen LogP contribution in [0, 0.1) is 11.3 Å². The van der Waals surface area contributed by atoms with Crippen molar-refractivity contribution >= 4 is 34.6 Å². The van der Waals surface area contributed by atoms with E-state index < -0.39 is 5.91 Å². The topological polar surface area (TPSA) is 106 Å². The van der Waals surface area contributed by atoms with Gasteiger partial charge in [-0.3, -0.25) is 9.78 Å². The summed E-state index contributed by atoms with van der Waals surface area (Å²) in [6, 6.07) is 21.9. The van der Waals surface area contributed by atoms with Crippen molar-refractivity contribution in [2.75, 3.05) is 13.2 Å². The summed E-state index contributed by atoms with van der Waals surface area (Å²) in [6.45, 7) is 2.16. The molecule has 0 atom stereocenters. The monoisotopic (exact) mass is 514 g/mol. The first-order chi connectivity index (χ1) is 18.1. The highest BCUT2D eigenvalue weighted by molar-refractivity contribution is 6.32. The smallest absolute Gasteiger partial charge is 0.277 e. The van der Waals surface area contributed by atoms with Gasteiger partial charge in [0.25, 0.3) is 5.91 Å². The largest absolute Gasteiger partial charge is 0.490 e. The van der Waals surface area contributed by atoms with Crippen molar-refractivity contribution in [1.29, 1.82) is 5.26 Å². The molecular weight excluding hydrogens is 492 g/mol. The second-order valence-electron chi connectivity index (χ2n) is 7.73. The van der Waals surface area contributed by atoms with Crippen molar-refractivity contribution in [2.24, 2.45) is 5.10 Å². The Morgan fingerprint density at radius 2 is 1.92 bits per heavy atom. The maximum Gasteiger partial charge on any atom is 0.277 e. The summed E-state index contributed by atoms with van der Waals surface area (Å²) < 4.78 is 17.2. The van der Waals surface area contributed by atoms with Gasteiger partial charge in [0.05, 0.1) is 29.5 Å². The molecule has 0 aliphatic carbocycles. The number of carbonyl (C=O) groups is 1. The first kappa shape index (κ1) is 25.5. The average Bonchev–Trinajstić information content (AvgIpc) is 2.92. The first-order valence-electron chi connectivity index (χ1n) is 11.4. The number of aromatic nitrogens is 1.